The molecule has 374 valence electrons. The third kappa shape index (κ3) is 8.04. The number of benzene rings is 13. The summed E-state index contributed by atoms with van der Waals surface area (Å²) in [5.41, 5.74) is 25.9. The fourth-order valence-electron chi connectivity index (χ4n) is 12.5. The van der Waals surface area contributed by atoms with Gasteiger partial charge < -0.3 is 9.13 Å². The Labute approximate surface area is 466 Å². The quantitative estimate of drug-likeness (QED) is 0.129. The Kier molecular flexibility index (Phi) is 11.6. The van der Waals surface area contributed by atoms with Gasteiger partial charge in [0, 0.05) is 21.5 Å². The van der Waals surface area contributed by atoms with Gasteiger partial charge in [0.25, 0.3) is 0 Å². The zero-order valence-corrected chi connectivity index (χ0v) is 43.9. The van der Waals surface area contributed by atoms with E-state index in [-0.39, 0.29) is 0 Å². The molecule has 0 unspecified atom stereocenters. The first-order valence-electron chi connectivity index (χ1n) is 27.6. The molecule has 80 heavy (non-hydrogen) atoms. The van der Waals surface area contributed by atoms with E-state index in [1.807, 2.05) is 0 Å². The number of hydrogen-bond donors (Lipinski definition) is 0. The van der Waals surface area contributed by atoms with E-state index >= 15 is 0 Å². The zero-order valence-electron chi connectivity index (χ0n) is 43.9. The Hall–Kier alpha value is -10.5. The molecule has 2 nitrogen and oxygen atoms in total. The number of rotatable bonds is 10. The number of aromatic nitrogens is 2. The van der Waals surface area contributed by atoms with Gasteiger partial charge in [0.05, 0.1) is 33.4 Å². The van der Waals surface area contributed by atoms with Crippen molar-refractivity contribution in [3.05, 3.63) is 315 Å². The lowest BCUT2D eigenvalue weighted by molar-refractivity contribution is 1.10. The van der Waals surface area contributed by atoms with E-state index in [2.05, 4.69) is 325 Å². The average Bonchev–Trinajstić information content (AvgIpc) is 4.12. The predicted octanol–water partition coefficient (Wildman–Crippen LogP) is 21.2. The SMILES string of the molecule is c1ccc(-c2ccccc2-c2ccc3c(c2)c2cc(-c4ccccc4-c4ccccc4)ccc2n3-c2ccccc2-n2c3ccc(-c4ccccc4-c4ccccc4)cc3c3cc(-c4ccccc4-c4ccccc4)ccc32)cc1. The molecule has 0 fully saturated rings. The molecule has 0 spiro atoms. The minimum atomic E-state index is 1.10. The molecule has 0 saturated heterocycles. The van der Waals surface area contributed by atoms with Crippen LogP contribution >= 0.6 is 0 Å². The summed E-state index contributed by atoms with van der Waals surface area (Å²) in [5, 5.41) is 4.78. The van der Waals surface area contributed by atoms with Crippen molar-refractivity contribution < 1.29 is 0 Å². The molecule has 0 amide bonds. The third-order valence-electron chi connectivity index (χ3n) is 16.2. The lowest BCUT2D eigenvalue weighted by Crippen LogP contribution is -2.03. The van der Waals surface area contributed by atoms with Crippen molar-refractivity contribution in [2.24, 2.45) is 0 Å². The molecule has 0 atom stereocenters. The van der Waals surface area contributed by atoms with Gasteiger partial charge in [-0.05, 0) is 150 Å². The highest BCUT2D eigenvalue weighted by atomic mass is 15.1. The molecule has 2 aromatic heterocycles. The van der Waals surface area contributed by atoms with E-state index in [1.165, 1.54) is 111 Å². The molecule has 0 N–H and O–H groups in total. The molecule has 0 aliphatic rings. The summed E-state index contributed by atoms with van der Waals surface area (Å²) in [6.07, 6.45) is 0. The van der Waals surface area contributed by atoms with E-state index in [0.717, 1.165) is 33.4 Å². The average molecular weight is 1020 g/mol. The van der Waals surface area contributed by atoms with E-state index in [1.54, 1.807) is 0 Å². The standard InChI is InChI=1S/C78H52N2/c1-5-23-53(24-6-1)61-31-13-17-35-65(61)57-41-45-73-69(49-57)70-50-58(66-36-18-14-32-62(66)54-25-7-2-8-26-54)42-46-74(70)79(73)77-39-21-22-40-78(77)80-75-47-43-59(67-37-19-15-33-63(67)55-27-9-3-10-28-55)51-71(75)72-52-60(44-48-76(72)80)68-38-20-16-34-64(68)56-29-11-4-12-30-56/h1-52H. The largest absolute Gasteiger partial charge is 0.307 e. The number of nitrogens with zero attached hydrogens (tertiary/aromatic N) is 2. The van der Waals surface area contributed by atoms with Crippen LogP contribution in [0.2, 0.25) is 0 Å². The Morgan fingerprint density at radius 1 is 0.150 bits per heavy atom. The van der Waals surface area contributed by atoms with Gasteiger partial charge in [0.2, 0.25) is 0 Å². The van der Waals surface area contributed by atoms with Crippen LogP contribution < -0.4 is 0 Å². The van der Waals surface area contributed by atoms with Gasteiger partial charge in [0.1, 0.15) is 0 Å². The maximum atomic E-state index is 2.51. The third-order valence-corrected chi connectivity index (χ3v) is 16.2. The normalized spacial score (nSPS) is 11.5. The highest BCUT2D eigenvalue weighted by Gasteiger charge is 2.23. The van der Waals surface area contributed by atoms with Crippen LogP contribution in [0.25, 0.3) is 144 Å². The Morgan fingerprint density at radius 3 is 0.562 bits per heavy atom. The van der Waals surface area contributed by atoms with E-state index in [0.29, 0.717) is 0 Å². The first-order chi connectivity index (χ1) is 39.7. The molecule has 15 rings (SSSR count). The topological polar surface area (TPSA) is 9.86 Å². The number of para-hydroxylation sites is 2. The molecule has 0 radical (unpaired) electrons. The maximum absolute atomic E-state index is 2.51. The second-order valence-corrected chi connectivity index (χ2v) is 20.7. The fraction of sp³-hybridized carbons (Fsp3) is 0. The number of fused-ring (bicyclic) bond motifs is 6. The fourth-order valence-corrected chi connectivity index (χ4v) is 12.5. The molecular weight excluding hydrogens is 965 g/mol. The van der Waals surface area contributed by atoms with Gasteiger partial charge in [0.15, 0.2) is 0 Å². The van der Waals surface area contributed by atoms with Crippen LogP contribution in [0.5, 0.6) is 0 Å². The van der Waals surface area contributed by atoms with Crippen molar-refractivity contribution in [3.8, 4) is 100 Å². The molecule has 0 bridgehead atoms. The molecular formula is C78H52N2. The molecule has 13 aromatic carbocycles. The first kappa shape index (κ1) is 46.7. The van der Waals surface area contributed by atoms with Crippen molar-refractivity contribution >= 4 is 43.6 Å². The Bertz CT molecular complexity index is 4210. The summed E-state index contributed by atoms with van der Waals surface area (Å²) in [5.74, 6) is 0. The summed E-state index contributed by atoms with van der Waals surface area (Å²) in [6.45, 7) is 0. The smallest absolute Gasteiger partial charge is 0.0702 e. The van der Waals surface area contributed by atoms with Gasteiger partial charge in [-0.3, -0.25) is 0 Å². The zero-order chi connectivity index (χ0) is 52.9. The summed E-state index contributed by atoms with van der Waals surface area (Å²) in [4.78, 5) is 0. The second-order valence-electron chi connectivity index (χ2n) is 20.7. The van der Waals surface area contributed by atoms with E-state index < -0.39 is 0 Å². The first-order valence-corrected chi connectivity index (χ1v) is 27.6. The van der Waals surface area contributed by atoms with Crippen molar-refractivity contribution in [3.63, 3.8) is 0 Å². The van der Waals surface area contributed by atoms with Gasteiger partial charge in [-0.1, -0.05) is 255 Å². The van der Waals surface area contributed by atoms with Gasteiger partial charge in [-0.15, -0.1) is 0 Å². The van der Waals surface area contributed by atoms with Crippen molar-refractivity contribution in [1.82, 2.24) is 9.13 Å². The minimum absolute atomic E-state index is 1.10. The van der Waals surface area contributed by atoms with Crippen molar-refractivity contribution in [1.29, 1.82) is 0 Å². The second kappa shape index (κ2) is 19.8. The van der Waals surface area contributed by atoms with Gasteiger partial charge in [-0.2, -0.15) is 0 Å². The van der Waals surface area contributed by atoms with Gasteiger partial charge >= 0.3 is 0 Å². The molecule has 2 heterocycles. The summed E-state index contributed by atoms with van der Waals surface area (Å²) < 4.78 is 5.01. The van der Waals surface area contributed by atoms with Gasteiger partial charge in [-0.25, -0.2) is 0 Å². The van der Waals surface area contributed by atoms with E-state index in [9.17, 15) is 0 Å². The Balaban J connectivity index is 0.977. The van der Waals surface area contributed by atoms with Crippen molar-refractivity contribution in [2.45, 2.75) is 0 Å². The molecule has 2 heteroatoms. The minimum Gasteiger partial charge on any atom is -0.307 e. The van der Waals surface area contributed by atoms with Crippen LogP contribution in [0.3, 0.4) is 0 Å². The highest BCUT2D eigenvalue weighted by Crippen LogP contribution is 2.45. The van der Waals surface area contributed by atoms with Crippen LogP contribution in [0, 0.1) is 0 Å². The lowest BCUT2D eigenvalue weighted by atomic mass is 9.92. The summed E-state index contributed by atoms with van der Waals surface area (Å²) >= 11 is 0. The maximum Gasteiger partial charge on any atom is 0.0702 e. The van der Waals surface area contributed by atoms with Crippen LogP contribution in [0.1, 0.15) is 0 Å². The van der Waals surface area contributed by atoms with Crippen LogP contribution in [0.4, 0.5) is 0 Å². The van der Waals surface area contributed by atoms with Crippen LogP contribution in [-0.2, 0) is 0 Å². The predicted molar refractivity (Wildman–Crippen MR) is 339 cm³/mol. The molecule has 0 aliphatic heterocycles. The summed E-state index contributed by atoms with van der Waals surface area (Å²) in [6, 6.07) is 116. The van der Waals surface area contributed by atoms with E-state index in [4.69, 9.17) is 0 Å². The molecule has 15 aromatic rings. The van der Waals surface area contributed by atoms with Crippen molar-refractivity contribution in [2.75, 3.05) is 0 Å². The lowest BCUT2D eigenvalue weighted by Gasteiger charge is -2.17. The molecule has 0 saturated carbocycles. The monoisotopic (exact) mass is 1020 g/mol. The summed E-state index contributed by atoms with van der Waals surface area (Å²) in [7, 11) is 0. The Morgan fingerprint density at radius 2 is 0.338 bits per heavy atom. The van der Waals surface area contributed by atoms with Crippen LogP contribution in [0.15, 0.2) is 315 Å². The molecule has 0 aliphatic carbocycles. The van der Waals surface area contributed by atoms with Crippen LogP contribution in [-0.4, -0.2) is 9.13 Å². The number of hydrogen-bond acceptors (Lipinski definition) is 0. The highest BCUT2D eigenvalue weighted by molar-refractivity contribution is 6.15.